The molecule has 0 fully saturated rings. The second-order valence-corrected chi connectivity index (χ2v) is 8.30. The highest BCUT2D eigenvalue weighted by Gasteiger charge is 2.19. The lowest BCUT2D eigenvalue weighted by atomic mass is 9.80. The van der Waals surface area contributed by atoms with Gasteiger partial charge in [-0.2, -0.15) is 5.26 Å². The van der Waals surface area contributed by atoms with Crippen molar-refractivity contribution in [1.29, 1.82) is 5.26 Å². The lowest BCUT2D eigenvalue weighted by Gasteiger charge is -2.26. The molecule has 0 unspecified atom stereocenters. The first-order valence-electron chi connectivity index (χ1n) is 10.1. The number of benzene rings is 2. The van der Waals surface area contributed by atoms with Gasteiger partial charge in [-0.15, -0.1) is 0 Å². The maximum atomic E-state index is 8.91. The van der Waals surface area contributed by atoms with Gasteiger partial charge in [-0.3, -0.25) is 0 Å². The number of rotatable bonds is 9. The van der Waals surface area contributed by atoms with Crippen molar-refractivity contribution < 1.29 is 0 Å². The molecule has 0 saturated carbocycles. The van der Waals surface area contributed by atoms with Crippen LogP contribution >= 0.6 is 0 Å². The molecule has 0 amide bonds. The van der Waals surface area contributed by atoms with Crippen LogP contribution in [0.25, 0.3) is 11.1 Å². The van der Waals surface area contributed by atoms with Crippen molar-refractivity contribution in [3.8, 4) is 17.2 Å². The monoisotopic (exact) mass is 347 g/mol. The summed E-state index contributed by atoms with van der Waals surface area (Å²) in [5.74, 6) is 0.900. The number of hydrogen-bond acceptors (Lipinski definition) is 1. The molecule has 0 heterocycles. The van der Waals surface area contributed by atoms with Crippen molar-refractivity contribution in [2.45, 2.75) is 66.2 Å². The van der Waals surface area contributed by atoms with E-state index >= 15 is 0 Å². The number of nitrogens with zero attached hydrogens (tertiary/aromatic N) is 1. The highest BCUT2D eigenvalue weighted by atomic mass is 14.2. The molecular weight excluding hydrogens is 314 g/mol. The highest BCUT2D eigenvalue weighted by molar-refractivity contribution is 5.64. The second kappa shape index (κ2) is 9.58. The minimum Gasteiger partial charge on any atom is -0.192 e. The third kappa shape index (κ3) is 6.03. The van der Waals surface area contributed by atoms with E-state index in [0.29, 0.717) is 11.0 Å². The summed E-state index contributed by atoms with van der Waals surface area (Å²) in [4.78, 5) is 0. The van der Waals surface area contributed by atoms with Gasteiger partial charge in [0.15, 0.2) is 0 Å². The minimum atomic E-state index is 0.349. The first-order chi connectivity index (χ1) is 12.5. The summed E-state index contributed by atoms with van der Waals surface area (Å²) in [5.41, 5.74) is 4.85. The van der Waals surface area contributed by atoms with Gasteiger partial charge in [0.1, 0.15) is 0 Å². The van der Waals surface area contributed by atoms with Crippen LogP contribution in [0.4, 0.5) is 0 Å². The Hall–Kier alpha value is -2.07. The Balaban J connectivity index is 1.93. The Kier molecular flexibility index (Phi) is 7.46. The maximum absolute atomic E-state index is 8.91. The van der Waals surface area contributed by atoms with Gasteiger partial charge in [0.05, 0.1) is 11.6 Å². The zero-order chi connectivity index (χ0) is 19.0. The fraction of sp³-hybridized carbons (Fsp3) is 0.480. The summed E-state index contributed by atoms with van der Waals surface area (Å²) in [6.45, 7) is 9.42. The van der Waals surface area contributed by atoms with E-state index in [-0.39, 0.29) is 0 Å². The summed E-state index contributed by atoms with van der Waals surface area (Å²) in [6.07, 6.45) is 7.75. The van der Waals surface area contributed by atoms with E-state index in [1.165, 1.54) is 48.8 Å². The Labute approximate surface area is 160 Å². The van der Waals surface area contributed by atoms with Crippen LogP contribution in [0.3, 0.4) is 0 Å². The molecule has 2 rings (SSSR count). The molecule has 0 aromatic heterocycles. The average molecular weight is 348 g/mol. The molecule has 2 aromatic carbocycles. The molecule has 138 valence electrons. The molecule has 0 aliphatic rings. The summed E-state index contributed by atoms with van der Waals surface area (Å²) >= 11 is 0. The summed E-state index contributed by atoms with van der Waals surface area (Å²) in [7, 11) is 0. The van der Waals surface area contributed by atoms with E-state index in [0.717, 1.165) is 12.3 Å². The molecule has 0 bridgehead atoms. The second-order valence-electron chi connectivity index (χ2n) is 8.30. The fourth-order valence-corrected chi connectivity index (χ4v) is 3.76. The zero-order valence-electron chi connectivity index (χ0n) is 16.9. The molecule has 26 heavy (non-hydrogen) atoms. The van der Waals surface area contributed by atoms with Crippen molar-refractivity contribution in [3.63, 3.8) is 0 Å². The normalized spacial score (nSPS) is 11.5. The van der Waals surface area contributed by atoms with Crippen LogP contribution in [0.5, 0.6) is 0 Å². The molecule has 2 aromatic rings. The first-order valence-corrected chi connectivity index (χ1v) is 10.1. The van der Waals surface area contributed by atoms with Gasteiger partial charge in [-0.1, -0.05) is 89.8 Å². The molecule has 0 spiro atoms. The molecule has 1 nitrogen and oxygen atoms in total. The summed E-state index contributed by atoms with van der Waals surface area (Å²) in [5, 5.41) is 8.91. The largest absolute Gasteiger partial charge is 0.192 e. The smallest absolute Gasteiger partial charge is 0.0991 e. The van der Waals surface area contributed by atoms with Crippen molar-refractivity contribution >= 4 is 0 Å². The molecular formula is C25H33N. The third-order valence-electron chi connectivity index (χ3n) is 5.60. The van der Waals surface area contributed by atoms with E-state index in [2.05, 4.69) is 58.0 Å². The van der Waals surface area contributed by atoms with Crippen molar-refractivity contribution in [2.24, 2.45) is 11.3 Å². The van der Waals surface area contributed by atoms with E-state index < -0.39 is 0 Å². The van der Waals surface area contributed by atoms with Gasteiger partial charge in [0.2, 0.25) is 0 Å². The highest BCUT2D eigenvalue weighted by Crippen LogP contribution is 2.31. The van der Waals surface area contributed by atoms with Crippen LogP contribution in [0.15, 0.2) is 48.5 Å². The van der Waals surface area contributed by atoms with E-state index in [4.69, 9.17) is 5.26 Å². The predicted molar refractivity (Wildman–Crippen MR) is 112 cm³/mol. The lowest BCUT2D eigenvalue weighted by Crippen LogP contribution is -2.15. The Bertz CT molecular complexity index is 697. The quantitative estimate of drug-likeness (QED) is 0.463. The number of nitriles is 1. The van der Waals surface area contributed by atoms with Crippen LogP contribution < -0.4 is 0 Å². The molecule has 0 aliphatic heterocycles. The minimum absolute atomic E-state index is 0.349. The summed E-state index contributed by atoms with van der Waals surface area (Å²) in [6, 6.07) is 18.9. The zero-order valence-corrected chi connectivity index (χ0v) is 16.9. The van der Waals surface area contributed by atoms with Crippen molar-refractivity contribution in [1.82, 2.24) is 0 Å². The summed E-state index contributed by atoms with van der Waals surface area (Å²) < 4.78 is 0. The van der Waals surface area contributed by atoms with E-state index in [1.54, 1.807) is 0 Å². The van der Waals surface area contributed by atoms with Gasteiger partial charge in [0.25, 0.3) is 0 Å². The topological polar surface area (TPSA) is 23.8 Å². The molecule has 0 saturated heterocycles. The predicted octanol–water partition coefficient (Wildman–Crippen LogP) is 7.40. The molecule has 0 aliphatic carbocycles. The van der Waals surface area contributed by atoms with Crippen LogP contribution in [-0.4, -0.2) is 0 Å². The van der Waals surface area contributed by atoms with Gasteiger partial charge >= 0.3 is 0 Å². The standard InChI is InChI=1S/C25H33N/c1-5-20(6-2)8-7-17-25(3,4)18-21-9-13-23(14-10-21)24-15-11-22(19-26)12-16-24/h9-16,20H,5-8,17-18H2,1-4H3. The molecule has 0 radical (unpaired) electrons. The maximum Gasteiger partial charge on any atom is 0.0991 e. The van der Waals surface area contributed by atoms with Crippen LogP contribution in [0, 0.1) is 22.7 Å². The van der Waals surface area contributed by atoms with Crippen molar-refractivity contribution in [2.75, 3.05) is 0 Å². The van der Waals surface area contributed by atoms with Gasteiger partial charge in [-0.05, 0) is 53.0 Å². The van der Waals surface area contributed by atoms with Crippen LogP contribution in [-0.2, 0) is 6.42 Å². The average Bonchev–Trinajstić information content (AvgIpc) is 2.65. The van der Waals surface area contributed by atoms with Crippen molar-refractivity contribution in [3.05, 3.63) is 59.7 Å². The Morgan fingerprint density at radius 2 is 1.42 bits per heavy atom. The first kappa shape index (κ1) is 20.2. The van der Waals surface area contributed by atoms with E-state index in [9.17, 15) is 0 Å². The van der Waals surface area contributed by atoms with Gasteiger partial charge in [0, 0.05) is 0 Å². The molecule has 0 atom stereocenters. The van der Waals surface area contributed by atoms with E-state index in [1.807, 2.05) is 24.3 Å². The number of hydrogen-bond donors (Lipinski definition) is 0. The molecule has 0 N–H and O–H groups in total. The van der Waals surface area contributed by atoms with Crippen LogP contribution in [0.2, 0.25) is 0 Å². The Morgan fingerprint density at radius 1 is 0.885 bits per heavy atom. The van der Waals surface area contributed by atoms with Gasteiger partial charge in [-0.25, -0.2) is 0 Å². The SMILES string of the molecule is CCC(CC)CCCC(C)(C)Cc1ccc(-c2ccc(C#N)cc2)cc1. The lowest BCUT2D eigenvalue weighted by molar-refractivity contribution is 0.300. The molecule has 1 heteroatoms. The third-order valence-corrected chi connectivity index (χ3v) is 5.60. The van der Waals surface area contributed by atoms with Gasteiger partial charge < -0.3 is 0 Å². The Morgan fingerprint density at radius 3 is 1.92 bits per heavy atom. The fourth-order valence-electron chi connectivity index (χ4n) is 3.76. The van der Waals surface area contributed by atoms with Crippen LogP contribution in [0.1, 0.15) is 70.9 Å².